The third-order valence-electron chi connectivity index (χ3n) is 2.52. The smallest absolute Gasteiger partial charge is 0.184 e. The van der Waals surface area contributed by atoms with Gasteiger partial charge in [0.05, 0.1) is 6.21 Å². The molecule has 98 valence electrons. The number of thiocarbonyl (C=S) groups is 1. The van der Waals surface area contributed by atoms with Crippen LogP contribution in [0.25, 0.3) is 0 Å². The minimum absolute atomic E-state index is 0.0884. The normalized spacial score (nSPS) is 10.6. The van der Waals surface area contributed by atoms with E-state index in [1.54, 1.807) is 12.1 Å². The fraction of sp³-hybridized carbons (Fsp3) is 0.333. The molecule has 0 aliphatic rings. The predicted octanol–water partition coefficient (Wildman–Crippen LogP) is 1.41. The summed E-state index contributed by atoms with van der Waals surface area (Å²) < 4.78 is 0. The van der Waals surface area contributed by atoms with Gasteiger partial charge >= 0.3 is 0 Å². The number of nitrogens with one attached hydrogen (secondary N) is 1. The molecule has 0 heterocycles. The fourth-order valence-corrected chi connectivity index (χ4v) is 1.64. The Balaban J connectivity index is 2.85. The van der Waals surface area contributed by atoms with Crippen molar-refractivity contribution in [3.05, 3.63) is 23.8 Å². The second-order valence-corrected chi connectivity index (χ2v) is 4.09. The number of benzene rings is 1. The van der Waals surface area contributed by atoms with Crippen LogP contribution < -0.4 is 16.1 Å². The molecule has 0 unspecified atom stereocenters. The molecule has 5 nitrogen and oxygen atoms in total. The molecule has 0 saturated carbocycles. The average Bonchev–Trinajstić information content (AvgIpc) is 2.33. The van der Waals surface area contributed by atoms with E-state index < -0.39 is 0 Å². The lowest BCUT2D eigenvalue weighted by Crippen LogP contribution is -2.24. The average molecular weight is 266 g/mol. The Labute approximate surface area is 112 Å². The number of hydrogen-bond acceptors (Lipinski definition) is 4. The SMILES string of the molecule is CCN(CC)c1ccc(/C=N\NC(N)=S)c(O)c1. The van der Waals surface area contributed by atoms with Gasteiger partial charge in [-0.15, -0.1) is 0 Å². The van der Waals surface area contributed by atoms with Gasteiger partial charge in [0.2, 0.25) is 0 Å². The topological polar surface area (TPSA) is 73.9 Å². The van der Waals surface area contributed by atoms with Crippen LogP contribution >= 0.6 is 12.2 Å². The van der Waals surface area contributed by atoms with Crippen LogP contribution in [0.15, 0.2) is 23.3 Å². The molecular formula is C12H18N4OS. The van der Waals surface area contributed by atoms with Crippen LogP contribution in [0.2, 0.25) is 0 Å². The zero-order valence-electron chi connectivity index (χ0n) is 10.6. The summed E-state index contributed by atoms with van der Waals surface area (Å²) in [5.74, 6) is 0.174. The number of rotatable bonds is 5. The number of anilines is 1. The molecule has 4 N–H and O–H groups in total. The van der Waals surface area contributed by atoms with Crippen molar-refractivity contribution in [3.63, 3.8) is 0 Å². The Hall–Kier alpha value is -1.82. The molecule has 0 saturated heterocycles. The van der Waals surface area contributed by atoms with Crippen LogP contribution in [0.1, 0.15) is 19.4 Å². The highest BCUT2D eigenvalue weighted by Crippen LogP contribution is 2.23. The van der Waals surface area contributed by atoms with E-state index >= 15 is 0 Å². The quantitative estimate of drug-likeness (QED) is 0.427. The first kappa shape index (κ1) is 14.2. The van der Waals surface area contributed by atoms with E-state index in [-0.39, 0.29) is 10.9 Å². The van der Waals surface area contributed by atoms with Crippen LogP contribution in [0.3, 0.4) is 0 Å². The van der Waals surface area contributed by atoms with E-state index in [1.807, 2.05) is 6.07 Å². The Kier molecular flexibility index (Phi) is 5.38. The third kappa shape index (κ3) is 3.89. The van der Waals surface area contributed by atoms with Gasteiger partial charge in [-0.2, -0.15) is 5.10 Å². The van der Waals surface area contributed by atoms with E-state index in [1.165, 1.54) is 6.21 Å². The molecule has 0 bridgehead atoms. The van der Waals surface area contributed by atoms with E-state index in [0.717, 1.165) is 18.8 Å². The molecule has 0 amide bonds. The monoisotopic (exact) mass is 266 g/mol. The van der Waals surface area contributed by atoms with Crippen molar-refractivity contribution in [1.82, 2.24) is 5.43 Å². The van der Waals surface area contributed by atoms with E-state index in [0.29, 0.717) is 5.56 Å². The molecule has 1 rings (SSSR count). The van der Waals surface area contributed by atoms with Gasteiger partial charge in [-0.25, -0.2) is 0 Å². The highest BCUT2D eigenvalue weighted by atomic mass is 32.1. The number of phenols is 1. The molecule has 0 aromatic heterocycles. The minimum atomic E-state index is 0.0884. The van der Waals surface area contributed by atoms with Gasteiger partial charge in [-0.3, -0.25) is 5.43 Å². The summed E-state index contributed by atoms with van der Waals surface area (Å²) >= 11 is 4.61. The van der Waals surface area contributed by atoms with Gasteiger partial charge in [-0.1, -0.05) is 0 Å². The van der Waals surface area contributed by atoms with Crippen molar-refractivity contribution in [3.8, 4) is 5.75 Å². The van der Waals surface area contributed by atoms with Crippen molar-refractivity contribution in [1.29, 1.82) is 0 Å². The van der Waals surface area contributed by atoms with Crippen LogP contribution in [0.4, 0.5) is 5.69 Å². The largest absolute Gasteiger partial charge is 0.507 e. The molecule has 0 radical (unpaired) electrons. The predicted molar refractivity (Wildman–Crippen MR) is 79.2 cm³/mol. The van der Waals surface area contributed by atoms with E-state index in [4.69, 9.17) is 5.73 Å². The fourth-order valence-electron chi connectivity index (χ4n) is 1.59. The van der Waals surface area contributed by atoms with Crippen LogP contribution in [-0.2, 0) is 0 Å². The number of nitrogens with two attached hydrogens (primary N) is 1. The van der Waals surface area contributed by atoms with Gasteiger partial charge < -0.3 is 15.7 Å². The second-order valence-electron chi connectivity index (χ2n) is 3.65. The summed E-state index contributed by atoms with van der Waals surface area (Å²) in [6.45, 7) is 5.93. The minimum Gasteiger partial charge on any atom is -0.507 e. The summed E-state index contributed by atoms with van der Waals surface area (Å²) in [5.41, 5.74) is 9.26. The van der Waals surface area contributed by atoms with Crippen LogP contribution in [0.5, 0.6) is 5.75 Å². The zero-order chi connectivity index (χ0) is 13.5. The lowest BCUT2D eigenvalue weighted by atomic mass is 10.2. The van der Waals surface area contributed by atoms with E-state index in [9.17, 15) is 5.11 Å². The highest BCUT2D eigenvalue weighted by Gasteiger charge is 2.05. The maximum atomic E-state index is 9.89. The van der Waals surface area contributed by atoms with Crippen molar-refractivity contribution >= 4 is 29.2 Å². The van der Waals surface area contributed by atoms with Crippen LogP contribution in [-0.4, -0.2) is 29.5 Å². The van der Waals surface area contributed by atoms with Crippen molar-refractivity contribution < 1.29 is 5.11 Å². The standard InChI is InChI=1S/C12H18N4OS/c1-3-16(4-2)10-6-5-9(11(17)7-10)8-14-15-12(13)18/h5-8,17H,3-4H2,1-2H3,(H3,13,15,18)/b14-8-. The van der Waals surface area contributed by atoms with Gasteiger partial charge in [-0.05, 0) is 38.2 Å². The molecule has 1 aromatic rings. The third-order valence-corrected chi connectivity index (χ3v) is 2.61. The Morgan fingerprint density at radius 3 is 2.67 bits per heavy atom. The summed E-state index contributed by atoms with van der Waals surface area (Å²) in [7, 11) is 0. The van der Waals surface area contributed by atoms with Crippen molar-refractivity contribution in [2.24, 2.45) is 10.8 Å². The van der Waals surface area contributed by atoms with Crippen molar-refractivity contribution in [2.45, 2.75) is 13.8 Å². The van der Waals surface area contributed by atoms with Crippen molar-refractivity contribution in [2.75, 3.05) is 18.0 Å². The summed E-state index contributed by atoms with van der Waals surface area (Å²) in [5, 5.41) is 13.8. The molecular weight excluding hydrogens is 248 g/mol. The number of hydrogen-bond donors (Lipinski definition) is 3. The van der Waals surface area contributed by atoms with Gasteiger partial charge in [0, 0.05) is 30.4 Å². The maximum Gasteiger partial charge on any atom is 0.184 e. The number of aromatic hydroxyl groups is 1. The Morgan fingerprint density at radius 2 is 2.17 bits per heavy atom. The summed E-state index contributed by atoms with van der Waals surface area (Å²) in [6, 6.07) is 5.46. The summed E-state index contributed by atoms with van der Waals surface area (Å²) in [6.07, 6.45) is 1.47. The molecule has 18 heavy (non-hydrogen) atoms. The first-order valence-corrected chi connectivity index (χ1v) is 6.15. The Morgan fingerprint density at radius 1 is 1.50 bits per heavy atom. The van der Waals surface area contributed by atoms with E-state index in [2.05, 4.69) is 41.5 Å². The molecule has 0 fully saturated rings. The molecule has 0 aliphatic carbocycles. The number of hydrazone groups is 1. The number of nitrogens with zero attached hydrogens (tertiary/aromatic N) is 2. The molecule has 1 aromatic carbocycles. The second kappa shape index (κ2) is 6.80. The first-order chi connectivity index (χ1) is 8.58. The molecule has 0 atom stereocenters. The molecule has 0 aliphatic heterocycles. The lowest BCUT2D eigenvalue weighted by Gasteiger charge is -2.21. The number of phenolic OH excluding ortho intramolecular Hbond substituents is 1. The van der Waals surface area contributed by atoms with Crippen LogP contribution in [0, 0.1) is 0 Å². The lowest BCUT2D eigenvalue weighted by molar-refractivity contribution is 0.474. The maximum absolute atomic E-state index is 9.89. The van der Waals surface area contributed by atoms with Gasteiger partial charge in [0.1, 0.15) is 5.75 Å². The summed E-state index contributed by atoms with van der Waals surface area (Å²) in [4.78, 5) is 2.15. The molecule has 0 spiro atoms. The Bertz CT molecular complexity index is 444. The molecule has 6 heteroatoms. The first-order valence-electron chi connectivity index (χ1n) is 5.75. The highest BCUT2D eigenvalue weighted by molar-refractivity contribution is 7.80. The van der Waals surface area contributed by atoms with Gasteiger partial charge in [0.15, 0.2) is 5.11 Å². The zero-order valence-corrected chi connectivity index (χ0v) is 11.4. The van der Waals surface area contributed by atoms with Gasteiger partial charge in [0.25, 0.3) is 0 Å².